The van der Waals surface area contributed by atoms with Crippen molar-refractivity contribution in [1.29, 1.82) is 0 Å². The number of quaternary nitrogens is 1. The minimum Gasteiger partial charge on any atom is -0.297 e. The van der Waals surface area contributed by atoms with Gasteiger partial charge in [-0.1, -0.05) is 0 Å². The summed E-state index contributed by atoms with van der Waals surface area (Å²) in [4.78, 5) is 0. The summed E-state index contributed by atoms with van der Waals surface area (Å²) >= 11 is 0. The first-order valence-electron chi connectivity index (χ1n) is 3.70. The predicted molar refractivity (Wildman–Crippen MR) is 46.5 cm³/mol. The molecular weight excluding hydrogens is 134 g/mol. The first kappa shape index (κ1) is 7.92. The van der Waals surface area contributed by atoms with Crippen LogP contribution >= 0.6 is 0 Å². The summed E-state index contributed by atoms with van der Waals surface area (Å²) in [5.74, 6) is 5.34. The number of hydrogen-bond acceptors (Lipinski definition) is 0. The predicted octanol–water partition coefficient (Wildman–Crippen LogP) is 0.639. The van der Waals surface area contributed by atoms with Crippen LogP contribution in [0.25, 0.3) is 0 Å². The lowest BCUT2D eigenvalue weighted by atomic mass is 10.4. The van der Waals surface area contributed by atoms with E-state index in [0.717, 1.165) is 30.7 Å². The van der Waals surface area contributed by atoms with Crippen LogP contribution in [0.1, 0.15) is 0 Å². The molecule has 0 saturated heterocycles. The van der Waals surface area contributed by atoms with Gasteiger partial charge in [0.15, 0.2) is 0 Å². The molecule has 0 N–H and O–H groups in total. The van der Waals surface area contributed by atoms with Crippen molar-refractivity contribution in [2.24, 2.45) is 0 Å². The lowest BCUT2D eigenvalue weighted by Gasteiger charge is -2.29. The van der Waals surface area contributed by atoms with Crippen molar-refractivity contribution in [3.05, 3.63) is 12.2 Å². The fourth-order valence-electron chi connectivity index (χ4n) is 1.37. The number of hydrogen-bond donors (Lipinski definition) is 0. The van der Waals surface area contributed by atoms with Gasteiger partial charge >= 0.3 is 0 Å². The molecule has 0 fully saturated rings. The van der Waals surface area contributed by atoms with Gasteiger partial charge in [-0.25, -0.2) is 0 Å². The smallest absolute Gasteiger partial charge is 0.141 e. The van der Waals surface area contributed by atoms with E-state index in [4.69, 9.17) is 12.8 Å². The third-order valence-electron chi connectivity index (χ3n) is 2.01. The zero-order chi connectivity index (χ0) is 8.16. The Morgan fingerprint density at radius 3 is 1.91 bits per heavy atom. The summed E-state index contributed by atoms with van der Waals surface area (Å²) in [7, 11) is 0. The Bertz CT molecular complexity index is 211. The maximum atomic E-state index is 5.26. The normalized spacial score (nSPS) is 19.1. The molecule has 0 radical (unpaired) electrons. The van der Waals surface area contributed by atoms with E-state index in [1.165, 1.54) is 0 Å². The van der Waals surface area contributed by atoms with Gasteiger partial charge in [-0.15, -0.1) is 12.8 Å². The van der Waals surface area contributed by atoms with Crippen LogP contribution in [0.2, 0.25) is 0 Å². The molecule has 1 heterocycles. The molecule has 0 unspecified atom stereocenters. The summed E-state index contributed by atoms with van der Waals surface area (Å²) in [6.07, 6.45) is 14.8. The van der Waals surface area contributed by atoms with Crippen LogP contribution in [0.5, 0.6) is 0 Å². The second-order valence-corrected chi connectivity index (χ2v) is 2.90. The molecule has 0 bridgehead atoms. The van der Waals surface area contributed by atoms with Gasteiger partial charge in [0.25, 0.3) is 0 Å². The highest BCUT2D eigenvalue weighted by atomic mass is 15.3. The SMILES string of the molecule is C#CC[N+]1(CC#C)CC=CC1. The van der Waals surface area contributed by atoms with Gasteiger partial charge in [0, 0.05) is 0 Å². The van der Waals surface area contributed by atoms with E-state index < -0.39 is 0 Å². The molecule has 0 amide bonds. The van der Waals surface area contributed by atoms with E-state index in [1.807, 2.05) is 0 Å². The first-order chi connectivity index (χ1) is 5.33. The lowest BCUT2D eigenvalue weighted by molar-refractivity contribution is -0.899. The summed E-state index contributed by atoms with van der Waals surface area (Å²) < 4.78 is 0.854. The average Bonchev–Trinajstić information content (AvgIpc) is 2.39. The Morgan fingerprint density at radius 1 is 1.09 bits per heavy atom. The van der Waals surface area contributed by atoms with Gasteiger partial charge in [-0.2, -0.15) is 0 Å². The van der Waals surface area contributed by atoms with E-state index >= 15 is 0 Å². The van der Waals surface area contributed by atoms with E-state index in [0.29, 0.717) is 0 Å². The third-order valence-corrected chi connectivity index (χ3v) is 2.01. The first-order valence-corrected chi connectivity index (χ1v) is 3.70. The molecule has 0 atom stereocenters. The zero-order valence-electron chi connectivity index (χ0n) is 6.59. The molecular formula is C10H12N+. The van der Waals surface area contributed by atoms with E-state index in [9.17, 15) is 0 Å². The Morgan fingerprint density at radius 2 is 1.55 bits per heavy atom. The van der Waals surface area contributed by atoms with Gasteiger partial charge in [0.2, 0.25) is 0 Å². The van der Waals surface area contributed by atoms with Crippen LogP contribution in [-0.2, 0) is 0 Å². The minimum absolute atomic E-state index is 0.747. The van der Waals surface area contributed by atoms with Crippen molar-refractivity contribution in [3.8, 4) is 24.7 Å². The van der Waals surface area contributed by atoms with Crippen LogP contribution in [0, 0.1) is 24.7 Å². The summed E-state index contributed by atoms with van der Waals surface area (Å²) in [6.45, 7) is 3.48. The van der Waals surface area contributed by atoms with Crippen molar-refractivity contribution in [3.63, 3.8) is 0 Å². The van der Waals surface area contributed by atoms with Crippen molar-refractivity contribution in [1.82, 2.24) is 0 Å². The maximum Gasteiger partial charge on any atom is 0.141 e. The van der Waals surface area contributed by atoms with E-state index in [1.54, 1.807) is 0 Å². The molecule has 1 heteroatoms. The van der Waals surface area contributed by atoms with Crippen LogP contribution < -0.4 is 0 Å². The summed E-state index contributed by atoms with van der Waals surface area (Å²) in [5, 5.41) is 0. The zero-order valence-corrected chi connectivity index (χ0v) is 6.59. The standard InChI is InChI=1S/C10H12N/c1-3-7-11(8-4-2)9-5-6-10-11/h1-2,5-6H,7-10H2/q+1. The molecule has 1 aliphatic rings. The lowest BCUT2D eigenvalue weighted by Crippen LogP contribution is -2.46. The molecule has 0 aromatic rings. The highest BCUT2D eigenvalue weighted by Crippen LogP contribution is 2.11. The van der Waals surface area contributed by atoms with Crippen molar-refractivity contribution in [2.45, 2.75) is 0 Å². The Kier molecular flexibility index (Phi) is 2.36. The van der Waals surface area contributed by atoms with Gasteiger partial charge in [-0.3, -0.25) is 4.48 Å². The molecule has 0 aromatic heterocycles. The van der Waals surface area contributed by atoms with Gasteiger partial charge in [0.05, 0.1) is 13.1 Å². The molecule has 1 aliphatic heterocycles. The summed E-state index contributed by atoms with van der Waals surface area (Å²) in [5.41, 5.74) is 0. The topological polar surface area (TPSA) is 0 Å². The van der Waals surface area contributed by atoms with Crippen molar-refractivity contribution >= 4 is 0 Å². The Balaban J connectivity index is 2.60. The van der Waals surface area contributed by atoms with Crippen molar-refractivity contribution < 1.29 is 4.48 Å². The van der Waals surface area contributed by atoms with Crippen LogP contribution in [0.4, 0.5) is 0 Å². The Labute approximate surface area is 68.3 Å². The maximum absolute atomic E-state index is 5.26. The molecule has 56 valence electrons. The van der Waals surface area contributed by atoms with Gasteiger partial charge in [-0.05, 0) is 24.0 Å². The largest absolute Gasteiger partial charge is 0.297 e. The van der Waals surface area contributed by atoms with Crippen LogP contribution in [0.3, 0.4) is 0 Å². The van der Waals surface area contributed by atoms with E-state index in [2.05, 4.69) is 24.0 Å². The highest BCUT2D eigenvalue weighted by Gasteiger charge is 2.25. The molecule has 1 nitrogen and oxygen atoms in total. The molecule has 0 aliphatic carbocycles. The number of terminal acetylenes is 2. The monoisotopic (exact) mass is 146 g/mol. The third kappa shape index (κ3) is 1.64. The van der Waals surface area contributed by atoms with E-state index in [-0.39, 0.29) is 0 Å². The quantitative estimate of drug-likeness (QED) is 0.305. The second-order valence-electron chi connectivity index (χ2n) is 2.90. The number of rotatable bonds is 2. The molecule has 1 rings (SSSR count). The fourth-order valence-corrected chi connectivity index (χ4v) is 1.37. The molecule has 0 spiro atoms. The molecule has 11 heavy (non-hydrogen) atoms. The second kappa shape index (κ2) is 3.28. The summed E-state index contributed by atoms with van der Waals surface area (Å²) in [6, 6.07) is 0. The van der Waals surface area contributed by atoms with Crippen molar-refractivity contribution in [2.75, 3.05) is 26.2 Å². The van der Waals surface area contributed by atoms with Crippen LogP contribution in [0.15, 0.2) is 12.2 Å². The Hall–Kier alpha value is -1.18. The highest BCUT2D eigenvalue weighted by molar-refractivity contribution is 4.96. The molecule has 0 aromatic carbocycles. The molecule has 0 saturated carbocycles. The van der Waals surface area contributed by atoms with Gasteiger partial charge in [0.1, 0.15) is 13.1 Å². The fraction of sp³-hybridized carbons (Fsp3) is 0.400. The van der Waals surface area contributed by atoms with Crippen LogP contribution in [-0.4, -0.2) is 30.7 Å². The average molecular weight is 146 g/mol. The minimum atomic E-state index is 0.747. The van der Waals surface area contributed by atoms with Gasteiger partial charge < -0.3 is 0 Å². The number of nitrogens with zero attached hydrogens (tertiary/aromatic N) is 1.